The highest BCUT2D eigenvalue weighted by Gasteiger charge is 2.19. The zero-order valence-electron chi connectivity index (χ0n) is 12.8. The number of nitrogens with zero attached hydrogens (tertiary/aromatic N) is 1. The van der Waals surface area contributed by atoms with Crippen molar-refractivity contribution in [3.63, 3.8) is 0 Å². The molecule has 2 unspecified atom stereocenters. The van der Waals surface area contributed by atoms with Gasteiger partial charge >= 0.3 is 0 Å². The Morgan fingerprint density at radius 2 is 2.29 bits per heavy atom. The Hall–Kier alpha value is -1.17. The third-order valence-corrected chi connectivity index (χ3v) is 3.59. The average molecular weight is 296 g/mol. The SMILES string of the molecule is CCN1CCOC(COc2cc(F)cc(CC(C)N)c2)C1. The molecule has 1 aliphatic heterocycles. The molecule has 0 saturated carbocycles. The lowest BCUT2D eigenvalue weighted by atomic mass is 10.1. The van der Waals surface area contributed by atoms with E-state index in [4.69, 9.17) is 15.2 Å². The number of hydrogen-bond acceptors (Lipinski definition) is 4. The normalized spacial score (nSPS) is 21.2. The van der Waals surface area contributed by atoms with Gasteiger partial charge in [0, 0.05) is 25.2 Å². The number of halogens is 1. The van der Waals surface area contributed by atoms with Crippen LogP contribution < -0.4 is 10.5 Å². The molecular formula is C16H25FN2O2. The predicted octanol–water partition coefficient (Wildman–Crippen LogP) is 1.81. The largest absolute Gasteiger partial charge is 0.491 e. The molecule has 0 bridgehead atoms. The van der Waals surface area contributed by atoms with Gasteiger partial charge in [-0.1, -0.05) is 6.92 Å². The number of hydrogen-bond donors (Lipinski definition) is 1. The number of benzene rings is 1. The fraction of sp³-hybridized carbons (Fsp3) is 0.625. The summed E-state index contributed by atoms with van der Waals surface area (Å²) in [6, 6.07) is 4.77. The molecule has 21 heavy (non-hydrogen) atoms. The second-order valence-electron chi connectivity index (χ2n) is 5.67. The van der Waals surface area contributed by atoms with E-state index < -0.39 is 0 Å². The van der Waals surface area contributed by atoms with E-state index in [9.17, 15) is 4.39 Å². The summed E-state index contributed by atoms with van der Waals surface area (Å²) >= 11 is 0. The first kappa shape index (κ1) is 16.2. The predicted molar refractivity (Wildman–Crippen MR) is 81.1 cm³/mol. The highest BCUT2D eigenvalue weighted by atomic mass is 19.1. The monoisotopic (exact) mass is 296 g/mol. The van der Waals surface area contributed by atoms with Crippen molar-refractivity contribution in [2.75, 3.05) is 32.8 Å². The van der Waals surface area contributed by atoms with Gasteiger partial charge < -0.3 is 15.2 Å². The maximum atomic E-state index is 13.6. The fourth-order valence-corrected chi connectivity index (χ4v) is 2.55. The third kappa shape index (κ3) is 5.26. The fourth-order valence-electron chi connectivity index (χ4n) is 2.55. The second kappa shape index (κ2) is 7.73. The minimum atomic E-state index is -0.289. The van der Waals surface area contributed by atoms with Crippen LogP contribution in [0, 0.1) is 5.82 Å². The van der Waals surface area contributed by atoms with Crippen molar-refractivity contribution in [3.05, 3.63) is 29.6 Å². The quantitative estimate of drug-likeness (QED) is 0.870. The van der Waals surface area contributed by atoms with Crippen LogP contribution in [0.25, 0.3) is 0 Å². The molecule has 1 fully saturated rings. The molecule has 0 radical (unpaired) electrons. The molecule has 1 heterocycles. The van der Waals surface area contributed by atoms with Gasteiger partial charge in [-0.3, -0.25) is 4.90 Å². The van der Waals surface area contributed by atoms with Crippen molar-refractivity contribution in [2.24, 2.45) is 5.73 Å². The molecule has 1 aromatic rings. The van der Waals surface area contributed by atoms with Gasteiger partial charge in [-0.2, -0.15) is 0 Å². The van der Waals surface area contributed by atoms with E-state index in [0.29, 0.717) is 18.8 Å². The van der Waals surface area contributed by atoms with Crippen LogP contribution in [0.2, 0.25) is 0 Å². The topological polar surface area (TPSA) is 47.7 Å². The summed E-state index contributed by atoms with van der Waals surface area (Å²) in [6.07, 6.45) is 0.677. The van der Waals surface area contributed by atoms with Gasteiger partial charge in [0.15, 0.2) is 0 Å². The molecular weight excluding hydrogens is 271 g/mol. The molecule has 5 heteroatoms. The number of nitrogens with two attached hydrogens (primary N) is 1. The summed E-state index contributed by atoms with van der Waals surface area (Å²) in [6.45, 7) is 8.04. The van der Waals surface area contributed by atoms with Crippen molar-refractivity contribution < 1.29 is 13.9 Å². The van der Waals surface area contributed by atoms with Gasteiger partial charge in [0.25, 0.3) is 0 Å². The van der Waals surface area contributed by atoms with Gasteiger partial charge in [-0.25, -0.2) is 4.39 Å². The van der Waals surface area contributed by atoms with Crippen molar-refractivity contribution in [2.45, 2.75) is 32.4 Å². The summed E-state index contributed by atoms with van der Waals surface area (Å²) in [4.78, 5) is 2.32. The lowest BCUT2D eigenvalue weighted by molar-refractivity contribution is -0.0464. The second-order valence-corrected chi connectivity index (χ2v) is 5.67. The molecule has 0 amide bonds. The molecule has 2 atom stereocenters. The maximum Gasteiger partial charge on any atom is 0.127 e. The molecule has 1 aromatic carbocycles. The third-order valence-electron chi connectivity index (χ3n) is 3.59. The Balaban J connectivity index is 1.91. The first-order chi connectivity index (χ1) is 10.1. The molecule has 2 N–H and O–H groups in total. The van der Waals surface area contributed by atoms with E-state index in [2.05, 4.69) is 11.8 Å². The summed E-state index contributed by atoms with van der Waals surface area (Å²) in [7, 11) is 0. The minimum Gasteiger partial charge on any atom is -0.491 e. The van der Waals surface area contributed by atoms with E-state index in [0.717, 1.165) is 31.8 Å². The standard InChI is InChI=1S/C16H25FN2O2/c1-3-19-4-5-20-16(10-19)11-21-15-8-13(6-12(2)18)7-14(17)9-15/h7-9,12,16H,3-6,10-11,18H2,1-2H3. The van der Waals surface area contributed by atoms with Crippen molar-refractivity contribution >= 4 is 0 Å². The first-order valence-corrected chi connectivity index (χ1v) is 7.58. The summed E-state index contributed by atoms with van der Waals surface area (Å²) in [5, 5.41) is 0. The summed E-state index contributed by atoms with van der Waals surface area (Å²) < 4.78 is 25.0. The number of rotatable bonds is 6. The van der Waals surface area contributed by atoms with Crippen LogP contribution in [0.5, 0.6) is 5.75 Å². The highest BCUT2D eigenvalue weighted by molar-refractivity contribution is 5.30. The van der Waals surface area contributed by atoms with Gasteiger partial charge in [0.2, 0.25) is 0 Å². The van der Waals surface area contributed by atoms with E-state index in [-0.39, 0.29) is 18.0 Å². The van der Waals surface area contributed by atoms with Crippen LogP contribution in [-0.4, -0.2) is 49.9 Å². The number of morpholine rings is 1. The molecule has 2 rings (SSSR count). The Morgan fingerprint density at radius 3 is 3.00 bits per heavy atom. The Labute approximate surface area is 126 Å². The van der Waals surface area contributed by atoms with Gasteiger partial charge in [0.05, 0.1) is 6.61 Å². The van der Waals surface area contributed by atoms with Crippen molar-refractivity contribution in [3.8, 4) is 5.75 Å². The van der Waals surface area contributed by atoms with Crippen LogP contribution in [0.4, 0.5) is 4.39 Å². The Morgan fingerprint density at radius 1 is 1.48 bits per heavy atom. The van der Waals surface area contributed by atoms with E-state index in [1.165, 1.54) is 12.1 Å². The number of likely N-dealkylation sites (N-methyl/N-ethyl adjacent to an activating group) is 1. The highest BCUT2D eigenvalue weighted by Crippen LogP contribution is 2.18. The van der Waals surface area contributed by atoms with E-state index >= 15 is 0 Å². The average Bonchev–Trinajstić information content (AvgIpc) is 2.44. The van der Waals surface area contributed by atoms with Crippen molar-refractivity contribution in [1.82, 2.24) is 4.90 Å². The van der Waals surface area contributed by atoms with Crippen LogP contribution >= 0.6 is 0 Å². The molecule has 0 aromatic heterocycles. The minimum absolute atomic E-state index is 0.000518. The summed E-state index contributed by atoms with van der Waals surface area (Å²) in [5.41, 5.74) is 6.62. The molecule has 0 aliphatic carbocycles. The maximum absolute atomic E-state index is 13.6. The van der Waals surface area contributed by atoms with Crippen LogP contribution in [0.3, 0.4) is 0 Å². The van der Waals surface area contributed by atoms with Gasteiger partial charge in [-0.15, -0.1) is 0 Å². The molecule has 1 saturated heterocycles. The zero-order chi connectivity index (χ0) is 15.2. The molecule has 1 aliphatic rings. The molecule has 118 valence electrons. The van der Waals surface area contributed by atoms with E-state index in [1.807, 2.05) is 13.0 Å². The summed E-state index contributed by atoms with van der Waals surface area (Å²) in [5.74, 6) is 0.255. The van der Waals surface area contributed by atoms with Crippen molar-refractivity contribution in [1.29, 1.82) is 0 Å². The smallest absolute Gasteiger partial charge is 0.127 e. The number of ether oxygens (including phenoxy) is 2. The lowest BCUT2D eigenvalue weighted by Crippen LogP contribution is -2.44. The van der Waals surface area contributed by atoms with Gasteiger partial charge in [0.1, 0.15) is 24.3 Å². The van der Waals surface area contributed by atoms with Crippen LogP contribution in [0.1, 0.15) is 19.4 Å². The zero-order valence-corrected chi connectivity index (χ0v) is 12.8. The van der Waals surface area contributed by atoms with Crippen LogP contribution in [0.15, 0.2) is 18.2 Å². The van der Waals surface area contributed by atoms with Crippen LogP contribution in [-0.2, 0) is 11.2 Å². The molecule has 0 spiro atoms. The first-order valence-electron chi connectivity index (χ1n) is 7.58. The molecule has 4 nitrogen and oxygen atoms in total. The van der Waals surface area contributed by atoms with E-state index in [1.54, 1.807) is 0 Å². The van der Waals surface area contributed by atoms with Gasteiger partial charge in [-0.05, 0) is 37.6 Å². The Kier molecular flexibility index (Phi) is 5.96. The Bertz CT molecular complexity index is 454. The lowest BCUT2D eigenvalue weighted by Gasteiger charge is -2.31.